The van der Waals surface area contributed by atoms with Gasteiger partial charge in [0, 0.05) is 12.3 Å². The molecule has 122 valence electrons. The highest BCUT2D eigenvalue weighted by atomic mass is 16.8. The van der Waals surface area contributed by atoms with Gasteiger partial charge in [0.1, 0.15) is 11.9 Å². The smallest absolute Gasteiger partial charge is 0.184 e. The second kappa shape index (κ2) is 8.28. The van der Waals surface area contributed by atoms with Crippen molar-refractivity contribution in [1.82, 2.24) is 0 Å². The first-order chi connectivity index (χ1) is 10.1. The van der Waals surface area contributed by atoms with Crippen LogP contribution in [0.15, 0.2) is 0 Å². The molecule has 2 fully saturated rings. The number of unbranched alkanes of at least 4 members (excludes halogenated alkanes) is 2. The Hall–Kier alpha value is -0.410. The summed E-state index contributed by atoms with van der Waals surface area (Å²) in [5.41, 5.74) is 0. The molecule has 3 nitrogen and oxygen atoms in total. The number of hydrogen-bond acceptors (Lipinski definition) is 3. The van der Waals surface area contributed by atoms with Gasteiger partial charge in [0.05, 0.1) is 6.61 Å². The third kappa shape index (κ3) is 5.37. The van der Waals surface area contributed by atoms with E-state index in [2.05, 4.69) is 20.8 Å². The summed E-state index contributed by atoms with van der Waals surface area (Å²) >= 11 is 0. The van der Waals surface area contributed by atoms with Crippen molar-refractivity contribution in [2.45, 2.75) is 84.5 Å². The summed E-state index contributed by atoms with van der Waals surface area (Å²) in [4.78, 5) is 12.0. The zero-order valence-electron chi connectivity index (χ0n) is 14.0. The van der Waals surface area contributed by atoms with Gasteiger partial charge in [-0.25, -0.2) is 0 Å². The van der Waals surface area contributed by atoms with Crippen LogP contribution >= 0.6 is 0 Å². The largest absolute Gasteiger partial charge is 0.350 e. The van der Waals surface area contributed by atoms with Crippen molar-refractivity contribution in [3.05, 3.63) is 0 Å². The molecule has 2 aliphatic rings. The summed E-state index contributed by atoms with van der Waals surface area (Å²) in [5.74, 6) is 2.02. The number of Topliss-reactive ketones (excluding diaryl/α,β-unsaturated/α-hetero) is 1. The molecule has 0 bridgehead atoms. The molecule has 0 spiro atoms. The number of ketones is 1. The van der Waals surface area contributed by atoms with Gasteiger partial charge in [-0.3, -0.25) is 4.79 Å². The molecule has 21 heavy (non-hydrogen) atoms. The Morgan fingerprint density at radius 3 is 2.86 bits per heavy atom. The van der Waals surface area contributed by atoms with Crippen LogP contribution in [0.25, 0.3) is 0 Å². The van der Waals surface area contributed by atoms with Crippen LogP contribution in [-0.2, 0) is 14.3 Å². The van der Waals surface area contributed by atoms with Crippen LogP contribution in [0.4, 0.5) is 0 Å². The van der Waals surface area contributed by atoms with Gasteiger partial charge < -0.3 is 9.47 Å². The SMILES string of the molecule is CCCCCC1C(=O)CCC1CC1OC1OCCC(C)C. The molecule has 0 radical (unpaired) electrons. The number of carbonyl (C=O) groups excluding carboxylic acids is 1. The number of carbonyl (C=O) groups is 1. The number of rotatable bonds is 10. The maximum absolute atomic E-state index is 12.0. The fraction of sp³-hybridized carbons (Fsp3) is 0.944. The second-order valence-electron chi connectivity index (χ2n) is 7.20. The fourth-order valence-corrected chi connectivity index (χ4v) is 3.43. The number of ether oxygens (including phenoxy) is 2. The fourth-order valence-electron chi connectivity index (χ4n) is 3.43. The minimum absolute atomic E-state index is 0.00995. The van der Waals surface area contributed by atoms with Gasteiger partial charge >= 0.3 is 0 Å². The summed E-state index contributed by atoms with van der Waals surface area (Å²) in [5, 5.41) is 0. The number of epoxide rings is 1. The molecule has 2 rings (SSSR count). The van der Waals surface area contributed by atoms with Gasteiger partial charge in [-0.2, -0.15) is 0 Å². The van der Waals surface area contributed by atoms with Crippen molar-refractivity contribution >= 4 is 5.78 Å². The molecular formula is C18H32O3. The molecule has 1 heterocycles. The third-order valence-electron chi connectivity index (χ3n) is 4.91. The Morgan fingerprint density at radius 2 is 2.14 bits per heavy atom. The van der Waals surface area contributed by atoms with Gasteiger partial charge in [0.2, 0.25) is 0 Å². The summed E-state index contributed by atoms with van der Waals surface area (Å²) in [6.07, 6.45) is 8.98. The quantitative estimate of drug-likeness (QED) is 0.444. The zero-order chi connectivity index (χ0) is 15.2. The van der Waals surface area contributed by atoms with Gasteiger partial charge in [0.25, 0.3) is 0 Å². The standard InChI is InChI=1S/C18H32O3/c1-4-5-6-7-15-14(8-9-16(15)19)12-17-18(21-17)20-11-10-13(2)3/h13-15,17-18H,4-12H2,1-3H3. The molecular weight excluding hydrogens is 264 g/mol. The molecule has 0 N–H and O–H groups in total. The zero-order valence-corrected chi connectivity index (χ0v) is 14.0. The predicted octanol–water partition coefficient (Wildman–Crippen LogP) is 4.34. The van der Waals surface area contributed by atoms with Crippen LogP contribution < -0.4 is 0 Å². The lowest BCUT2D eigenvalue weighted by atomic mass is 9.87. The van der Waals surface area contributed by atoms with E-state index in [1.807, 2.05) is 0 Å². The molecule has 0 aromatic rings. The van der Waals surface area contributed by atoms with E-state index in [1.54, 1.807) is 0 Å². The summed E-state index contributed by atoms with van der Waals surface area (Å²) in [7, 11) is 0. The number of hydrogen-bond donors (Lipinski definition) is 0. The van der Waals surface area contributed by atoms with Crippen molar-refractivity contribution in [1.29, 1.82) is 0 Å². The first-order valence-electron chi connectivity index (χ1n) is 8.91. The first-order valence-corrected chi connectivity index (χ1v) is 8.91. The van der Waals surface area contributed by atoms with E-state index in [0.717, 1.165) is 38.7 Å². The molecule has 4 atom stereocenters. The van der Waals surface area contributed by atoms with E-state index < -0.39 is 0 Å². The summed E-state index contributed by atoms with van der Waals surface area (Å²) in [6.45, 7) is 7.42. The lowest BCUT2D eigenvalue weighted by Crippen LogP contribution is -2.17. The molecule has 1 saturated heterocycles. The molecule has 1 aliphatic heterocycles. The Labute approximate surface area is 129 Å². The van der Waals surface area contributed by atoms with Gasteiger partial charge in [-0.1, -0.05) is 40.0 Å². The van der Waals surface area contributed by atoms with Crippen LogP contribution in [0.1, 0.15) is 72.1 Å². The first kappa shape index (κ1) is 17.0. The Bertz CT molecular complexity index is 326. The van der Waals surface area contributed by atoms with E-state index >= 15 is 0 Å². The summed E-state index contributed by atoms with van der Waals surface area (Å²) in [6, 6.07) is 0. The molecule has 4 unspecified atom stereocenters. The van der Waals surface area contributed by atoms with E-state index in [9.17, 15) is 4.79 Å². The average molecular weight is 296 g/mol. The van der Waals surface area contributed by atoms with E-state index in [0.29, 0.717) is 23.5 Å². The highest BCUT2D eigenvalue weighted by Crippen LogP contribution is 2.40. The maximum Gasteiger partial charge on any atom is 0.184 e. The van der Waals surface area contributed by atoms with Gasteiger partial charge in [-0.05, 0) is 37.5 Å². The normalized spacial score (nSPS) is 32.1. The minimum Gasteiger partial charge on any atom is -0.350 e. The third-order valence-corrected chi connectivity index (χ3v) is 4.91. The molecule has 0 aromatic heterocycles. The molecule has 0 aromatic carbocycles. The Morgan fingerprint density at radius 1 is 1.33 bits per heavy atom. The topological polar surface area (TPSA) is 38.8 Å². The van der Waals surface area contributed by atoms with Crippen molar-refractivity contribution in [2.75, 3.05) is 6.61 Å². The molecule has 3 heteroatoms. The van der Waals surface area contributed by atoms with Crippen molar-refractivity contribution < 1.29 is 14.3 Å². The van der Waals surface area contributed by atoms with Crippen LogP contribution in [-0.4, -0.2) is 24.8 Å². The van der Waals surface area contributed by atoms with Crippen molar-refractivity contribution in [2.24, 2.45) is 17.8 Å². The van der Waals surface area contributed by atoms with Crippen LogP contribution in [0.5, 0.6) is 0 Å². The Balaban J connectivity index is 1.66. The van der Waals surface area contributed by atoms with Crippen molar-refractivity contribution in [3.8, 4) is 0 Å². The monoisotopic (exact) mass is 296 g/mol. The predicted molar refractivity (Wildman–Crippen MR) is 84.0 cm³/mol. The van der Waals surface area contributed by atoms with E-state index in [4.69, 9.17) is 9.47 Å². The second-order valence-corrected chi connectivity index (χ2v) is 7.20. The van der Waals surface area contributed by atoms with Crippen LogP contribution in [0.3, 0.4) is 0 Å². The lowest BCUT2D eigenvalue weighted by molar-refractivity contribution is -0.121. The highest BCUT2D eigenvalue weighted by Gasteiger charge is 2.45. The minimum atomic E-state index is 0.00995. The average Bonchev–Trinajstić information content (AvgIpc) is 3.08. The van der Waals surface area contributed by atoms with E-state index in [1.165, 1.54) is 19.3 Å². The summed E-state index contributed by atoms with van der Waals surface area (Å²) < 4.78 is 11.4. The van der Waals surface area contributed by atoms with Gasteiger partial charge in [-0.15, -0.1) is 0 Å². The lowest BCUT2D eigenvalue weighted by Gasteiger charge is -2.17. The van der Waals surface area contributed by atoms with E-state index in [-0.39, 0.29) is 12.4 Å². The van der Waals surface area contributed by atoms with Crippen molar-refractivity contribution in [3.63, 3.8) is 0 Å². The molecule has 1 aliphatic carbocycles. The maximum atomic E-state index is 12.0. The van der Waals surface area contributed by atoms with Crippen LogP contribution in [0, 0.1) is 17.8 Å². The van der Waals surface area contributed by atoms with Crippen LogP contribution in [0.2, 0.25) is 0 Å². The molecule has 0 amide bonds. The highest BCUT2D eigenvalue weighted by molar-refractivity contribution is 5.83. The Kier molecular flexibility index (Phi) is 6.69. The molecule has 1 saturated carbocycles. The van der Waals surface area contributed by atoms with Gasteiger partial charge in [0.15, 0.2) is 6.29 Å².